The van der Waals surface area contributed by atoms with Crippen molar-refractivity contribution < 1.29 is 8.78 Å². The van der Waals surface area contributed by atoms with Crippen molar-refractivity contribution in [2.75, 3.05) is 26.2 Å². The Balaban J connectivity index is 0.00000180. The molecule has 116 valence electrons. The third kappa shape index (κ3) is 4.85. The van der Waals surface area contributed by atoms with Crippen molar-refractivity contribution in [2.45, 2.75) is 25.8 Å². The third-order valence-corrected chi connectivity index (χ3v) is 3.51. The lowest BCUT2D eigenvalue weighted by Crippen LogP contribution is -2.46. The summed E-state index contributed by atoms with van der Waals surface area (Å²) < 4.78 is 26.6. The Morgan fingerprint density at radius 1 is 1.10 bits per heavy atom. The Kier molecular flexibility index (Phi) is 9.30. The van der Waals surface area contributed by atoms with Gasteiger partial charge in [0.1, 0.15) is 0 Å². The number of benzene rings is 1. The van der Waals surface area contributed by atoms with Crippen LogP contribution in [0, 0.1) is 0 Å². The molecule has 1 atom stereocenters. The fourth-order valence-corrected chi connectivity index (χ4v) is 2.43. The molecule has 2 nitrogen and oxygen atoms in total. The Morgan fingerprint density at radius 3 is 2.10 bits per heavy atom. The zero-order chi connectivity index (χ0) is 13.0. The molecule has 1 saturated heterocycles. The smallest absolute Gasteiger partial charge is 0.258 e. The number of nitrogens with one attached hydrogen (secondary N) is 1. The van der Waals surface area contributed by atoms with Crippen molar-refractivity contribution in [3.05, 3.63) is 35.4 Å². The minimum atomic E-state index is -2.34. The van der Waals surface area contributed by atoms with Crippen LogP contribution in [-0.2, 0) is 6.42 Å². The second-order valence-electron chi connectivity index (χ2n) is 4.66. The lowest BCUT2D eigenvalue weighted by Gasteiger charge is -2.34. The van der Waals surface area contributed by atoms with E-state index >= 15 is 0 Å². The predicted octanol–water partition coefficient (Wildman–Crippen LogP) is 3.30. The van der Waals surface area contributed by atoms with E-state index < -0.39 is 12.5 Å². The van der Waals surface area contributed by atoms with Crippen molar-refractivity contribution in [3.63, 3.8) is 0 Å². The van der Waals surface area contributed by atoms with Crippen LogP contribution in [0.3, 0.4) is 0 Å². The summed E-state index contributed by atoms with van der Waals surface area (Å²) in [6.45, 7) is 5.01. The van der Waals surface area contributed by atoms with Crippen LogP contribution in [0.4, 0.5) is 8.78 Å². The predicted molar refractivity (Wildman–Crippen MR) is 83.5 cm³/mol. The van der Waals surface area contributed by atoms with Crippen LogP contribution >= 0.6 is 24.8 Å². The highest BCUT2D eigenvalue weighted by Crippen LogP contribution is 2.28. The highest BCUT2D eigenvalue weighted by Gasteiger charge is 2.29. The van der Waals surface area contributed by atoms with Gasteiger partial charge in [-0.3, -0.25) is 4.90 Å². The lowest BCUT2D eigenvalue weighted by atomic mass is 10.0. The molecule has 1 aliphatic rings. The highest BCUT2D eigenvalue weighted by molar-refractivity contribution is 5.85. The van der Waals surface area contributed by atoms with Gasteiger partial charge in [0.05, 0.1) is 6.04 Å². The molecule has 1 N–H and O–H groups in total. The third-order valence-electron chi connectivity index (χ3n) is 3.51. The van der Waals surface area contributed by atoms with Crippen LogP contribution in [0.1, 0.15) is 24.1 Å². The number of rotatable bonds is 4. The van der Waals surface area contributed by atoms with Crippen molar-refractivity contribution in [2.24, 2.45) is 0 Å². The maximum absolute atomic E-state index is 13.3. The molecule has 1 fully saturated rings. The molecule has 1 aromatic carbocycles. The van der Waals surface area contributed by atoms with Crippen LogP contribution in [0.5, 0.6) is 0 Å². The molecule has 1 heterocycles. The average Bonchev–Trinajstić information content (AvgIpc) is 2.40. The summed E-state index contributed by atoms with van der Waals surface area (Å²) in [7, 11) is 0. The summed E-state index contributed by atoms with van der Waals surface area (Å²) in [6, 6.07) is 6.83. The minimum Gasteiger partial charge on any atom is -0.314 e. The Hall–Kier alpha value is -0.420. The number of aryl methyl sites for hydroxylation is 1. The molecule has 0 saturated carbocycles. The van der Waals surface area contributed by atoms with Crippen molar-refractivity contribution in [1.29, 1.82) is 0 Å². The number of alkyl halides is 2. The number of hydrogen-bond acceptors (Lipinski definition) is 2. The summed E-state index contributed by atoms with van der Waals surface area (Å²) in [5, 5.41) is 3.19. The summed E-state index contributed by atoms with van der Waals surface area (Å²) in [5.74, 6) is 0. The van der Waals surface area contributed by atoms with Gasteiger partial charge in [0.25, 0.3) is 6.43 Å². The van der Waals surface area contributed by atoms with Crippen LogP contribution in [-0.4, -0.2) is 37.5 Å². The van der Waals surface area contributed by atoms with Gasteiger partial charge >= 0.3 is 0 Å². The standard InChI is InChI=1S/C14H20F2N2.2ClH/c1-2-11-3-5-12(6-4-11)13(14(15)16)18-9-7-17-8-10-18;;/h3-6,13-14,17H,2,7-10H2,1H3;2*1H/t13-;;/m0../s1. The van der Waals surface area contributed by atoms with E-state index in [0.717, 1.165) is 25.1 Å². The Morgan fingerprint density at radius 2 is 1.65 bits per heavy atom. The van der Waals surface area contributed by atoms with E-state index in [1.807, 2.05) is 29.2 Å². The molecular formula is C14H22Cl2F2N2. The fraction of sp³-hybridized carbons (Fsp3) is 0.571. The first-order valence-electron chi connectivity index (χ1n) is 6.54. The van der Waals surface area contributed by atoms with Crippen molar-refractivity contribution >= 4 is 24.8 Å². The molecular weight excluding hydrogens is 305 g/mol. The average molecular weight is 327 g/mol. The normalized spacial score (nSPS) is 17.2. The van der Waals surface area contributed by atoms with E-state index in [1.165, 1.54) is 5.56 Å². The van der Waals surface area contributed by atoms with E-state index in [4.69, 9.17) is 0 Å². The van der Waals surface area contributed by atoms with Gasteiger partial charge in [-0.15, -0.1) is 24.8 Å². The van der Waals surface area contributed by atoms with E-state index in [-0.39, 0.29) is 24.8 Å². The fourth-order valence-electron chi connectivity index (χ4n) is 2.43. The summed E-state index contributed by atoms with van der Waals surface area (Å²) in [6.07, 6.45) is -1.40. The van der Waals surface area contributed by atoms with Gasteiger partial charge in [0, 0.05) is 26.2 Å². The van der Waals surface area contributed by atoms with Gasteiger partial charge in [-0.1, -0.05) is 31.2 Å². The zero-order valence-corrected chi connectivity index (χ0v) is 13.2. The van der Waals surface area contributed by atoms with Gasteiger partial charge in [-0.2, -0.15) is 0 Å². The first-order chi connectivity index (χ1) is 8.72. The van der Waals surface area contributed by atoms with Crippen molar-refractivity contribution in [3.8, 4) is 0 Å². The SMILES string of the molecule is CCc1ccc([C@@H](C(F)F)N2CCNCC2)cc1.Cl.Cl. The zero-order valence-electron chi connectivity index (χ0n) is 11.5. The molecule has 0 spiro atoms. The number of piperazine rings is 1. The van der Waals surface area contributed by atoms with Crippen LogP contribution in [0.25, 0.3) is 0 Å². The van der Waals surface area contributed by atoms with Crippen LogP contribution < -0.4 is 5.32 Å². The van der Waals surface area contributed by atoms with Gasteiger partial charge in [0.15, 0.2) is 0 Å². The molecule has 6 heteroatoms. The Bertz CT molecular complexity index is 368. The Labute approximate surface area is 131 Å². The second-order valence-corrected chi connectivity index (χ2v) is 4.66. The van der Waals surface area contributed by atoms with E-state index in [0.29, 0.717) is 13.1 Å². The highest BCUT2D eigenvalue weighted by atomic mass is 35.5. The topological polar surface area (TPSA) is 15.3 Å². The molecule has 0 unspecified atom stereocenters. The summed E-state index contributed by atoms with van der Waals surface area (Å²) >= 11 is 0. The molecule has 0 amide bonds. The quantitative estimate of drug-likeness (QED) is 0.913. The molecule has 0 aliphatic carbocycles. The maximum Gasteiger partial charge on any atom is 0.258 e. The minimum absolute atomic E-state index is 0. The molecule has 0 bridgehead atoms. The molecule has 1 aliphatic heterocycles. The lowest BCUT2D eigenvalue weighted by molar-refractivity contribution is 0.0182. The molecule has 20 heavy (non-hydrogen) atoms. The number of halogens is 4. The first kappa shape index (κ1) is 19.6. The second kappa shape index (κ2) is 9.50. The number of hydrogen-bond donors (Lipinski definition) is 1. The number of nitrogens with zero attached hydrogens (tertiary/aromatic N) is 1. The van der Waals surface area contributed by atoms with Gasteiger partial charge in [0.2, 0.25) is 0 Å². The monoisotopic (exact) mass is 326 g/mol. The summed E-state index contributed by atoms with van der Waals surface area (Å²) in [5.41, 5.74) is 1.91. The van der Waals surface area contributed by atoms with Gasteiger partial charge in [-0.05, 0) is 17.5 Å². The first-order valence-corrected chi connectivity index (χ1v) is 6.54. The van der Waals surface area contributed by atoms with E-state index in [9.17, 15) is 8.78 Å². The van der Waals surface area contributed by atoms with E-state index in [2.05, 4.69) is 12.2 Å². The maximum atomic E-state index is 13.3. The summed E-state index contributed by atoms with van der Waals surface area (Å²) in [4.78, 5) is 1.88. The molecule has 1 aromatic rings. The van der Waals surface area contributed by atoms with Crippen molar-refractivity contribution in [1.82, 2.24) is 10.2 Å². The van der Waals surface area contributed by atoms with Gasteiger partial charge in [-0.25, -0.2) is 8.78 Å². The molecule has 0 radical (unpaired) electrons. The molecule has 2 rings (SSSR count). The largest absolute Gasteiger partial charge is 0.314 e. The van der Waals surface area contributed by atoms with E-state index in [1.54, 1.807) is 0 Å². The molecule has 0 aromatic heterocycles. The van der Waals surface area contributed by atoms with Crippen LogP contribution in [0.15, 0.2) is 24.3 Å². The van der Waals surface area contributed by atoms with Gasteiger partial charge < -0.3 is 5.32 Å². The van der Waals surface area contributed by atoms with Crippen LogP contribution in [0.2, 0.25) is 0 Å².